The van der Waals surface area contributed by atoms with Gasteiger partial charge in [-0.1, -0.05) is 6.92 Å². The minimum absolute atomic E-state index is 0.229. The van der Waals surface area contributed by atoms with Crippen molar-refractivity contribution < 1.29 is 28.8 Å². The van der Waals surface area contributed by atoms with Crippen molar-refractivity contribution in [3.8, 4) is 0 Å². The molecule has 0 aromatic rings. The van der Waals surface area contributed by atoms with Crippen LogP contribution in [0.2, 0.25) is 0 Å². The standard InChI is InChI=1S/C18H34O6S/c1-6-18(3,24-10-7-15(2)21-4)9-11-23-13-16(19)14-25-12-8-17(20)22-5/h7,16,19H,6,8-14H2,1-5H3/b15-7+. The van der Waals surface area contributed by atoms with Crippen LogP contribution in [-0.2, 0) is 23.7 Å². The van der Waals surface area contributed by atoms with E-state index in [0.29, 0.717) is 31.1 Å². The molecule has 0 aromatic heterocycles. The van der Waals surface area contributed by atoms with Gasteiger partial charge >= 0.3 is 5.97 Å². The van der Waals surface area contributed by atoms with E-state index in [0.717, 1.165) is 18.6 Å². The maximum Gasteiger partial charge on any atom is 0.306 e. The maximum atomic E-state index is 11.0. The van der Waals surface area contributed by atoms with Gasteiger partial charge in [0.2, 0.25) is 0 Å². The second-order valence-corrected chi connectivity index (χ2v) is 7.16. The molecule has 0 fully saturated rings. The largest absolute Gasteiger partial charge is 0.502 e. The minimum atomic E-state index is -0.538. The molecule has 0 heterocycles. The van der Waals surface area contributed by atoms with E-state index in [1.807, 2.05) is 13.0 Å². The monoisotopic (exact) mass is 378 g/mol. The fourth-order valence-corrected chi connectivity index (χ4v) is 2.67. The lowest BCUT2D eigenvalue weighted by Gasteiger charge is -2.28. The van der Waals surface area contributed by atoms with E-state index in [9.17, 15) is 9.90 Å². The normalized spacial score (nSPS) is 15.5. The van der Waals surface area contributed by atoms with Gasteiger partial charge in [0.05, 0.1) is 51.3 Å². The first-order chi connectivity index (χ1) is 11.9. The molecule has 0 rings (SSSR count). The molecule has 0 saturated carbocycles. The molecule has 2 atom stereocenters. The SMILES string of the molecule is CCC(C)(CCOCC(O)CSCCC(=O)OC)OC/C=C(\C)OC. The zero-order valence-corrected chi connectivity index (χ0v) is 17.0. The van der Waals surface area contributed by atoms with Crippen LogP contribution in [0.4, 0.5) is 0 Å². The van der Waals surface area contributed by atoms with E-state index in [-0.39, 0.29) is 18.2 Å². The highest BCUT2D eigenvalue weighted by atomic mass is 32.2. The van der Waals surface area contributed by atoms with Crippen LogP contribution in [0, 0.1) is 0 Å². The quantitative estimate of drug-likeness (QED) is 0.267. The third kappa shape index (κ3) is 13.1. The first kappa shape index (κ1) is 24.2. The lowest BCUT2D eigenvalue weighted by molar-refractivity contribution is -0.140. The fourth-order valence-electron chi connectivity index (χ4n) is 1.83. The molecule has 0 spiro atoms. The summed E-state index contributed by atoms with van der Waals surface area (Å²) >= 11 is 1.52. The molecule has 0 radical (unpaired) electrons. The van der Waals surface area contributed by atoms with Crippen LogP contribution in [-0.4, -0.2) is 68.3 Å². The van der Waals surface area contributed by atoms with E-state index in [1.165, 1.54) is 18.9 Å². The predicted molar refractivity (Wildman–Crippen MR) is 101 cm³/mol. The number of thioether (sulfide) groups is 1. The highest BCUT2D eigenvalue weighted by molar-refractivity contribution is 7.99. The maximum absolute atomic E-state index is 11.0. The summed E-state index contributed by atoms with van der Waals surface area (Å²) in [6.45, 7) is 7.35. The molecule has 0 bridgehead atoms. The van der Waals surface area contributed by atoms with Gasteiger partial charge in [-0.3, -0.25) is 4.79 Å². The summed E-state index contributed by atoms with van der Waals surface area (Å²) in [5.74, 6) is 1.79. The Morgan fingerprint density at radius 2 is 2.04 bits per heavy atom. The average Bonchev–Trinajstić information content (AvgIpc) is 2.61. The number of methoxy groups -OCH3 is 2. The number of rotatable bonds is 15. The summed E-state index contributed by atoms with van der Waals surface area (Å²) in [5.41, 5.74) is -0.259. The summed E-state index contributed by atoms with van der Waals surface area (Å²) in [7, 11) is 3.01. The average molecular weight is 379 g/mol. The summed E-state index contributed by atoms with van der Waals surface area (Å²) in [5, 5.41) is 9.87. The Kier molecular flexibility index (Phi) is 14.0. The van der Waals surface area contributed by atoms with Crippen molar-refractivity contribution in [2.45, 2.75) is 51.7 Å². The molecule has 0 aliphatic heterocycles. The first-order valence-electron chi connectivity index (χ1n) is 8.62. The zero-order valence-electron chi connectivity index (χ0n) is 16.2. The topological polar surface area (TPSA) is 74.2 Å². The Morgan fingerprint density at radius 3 is 2.64 bits per heavy atom. The van der Waals surface area contributed by atoms with Gasteiger partial charge in [0, 0.05) is 18.1 Å². The number of hydrogen-bond acceptors (Lipinski definition) is 7. The lowest BCUT2D eigenvalue weighted by atomic mass is 9.99. The van der Waals surface area contributed by atoms with E-state index in [2.05, 4.69) is 18.6 Å². The summed E-state index contributed by atoms with van der Waals surface area (Å²) in [6, 6.07) is 0. The smallest absolute Gasteiger partial charge is 0.306 e. The number of ether oxygens (including phenoxy) is 4. The van der Waals surface area contributed by atoms with Crippen molar-refractivity contribution in [3.05, 3.63) is 11.8 Å². The van der Waals surface area contributed by atoms with Gasteiger partial charge in [0.15, 0.2) is 0 Å². The number of carbonyl (C=O) groups is 1. The first-order valence-corrected chi connectivity index (χ1v) is 9.77. The van der Waals surface area contributed by atoms with Gasteiger partial charge in [0.1, 0.15) is 0 Å². The van der Waals surface area contributed by atoms with Gasteiger partial charge in [-0.2, -0.15) is 11.8 Å². The molecular weight excluding hydrogens is 344 g/mol. The van der Waals surface area contributed by atoms with Gasteiger partial charge in [-0.05, 0) is 32.8 Å². The number of aliphatic hydroxyl groups is 1. The molecule has 2 unspecified atom stereocenters. The minimum Gasteiger partial charge on any atom is -0.502 e. The van der Waals surface area contributed by atoms with Crippen LogP contribution in [0.15, 0.2) is 11.8 Å². The zero-order chi connectivity index (χ0) is 19.1. The van der Waals surface area contributed by atoms with Crippen molar-refractivity contribution in [2.24, 2.45) is 0 Å². The molecule has 25 heavy (non-hydrogen) atoms. The van der Waals surface area contributed by atoms with Crippen molar-refractivity contribution >= 4 is 17.7 Å². The summed E-state index contributed by atoms with van der Waals surface area (Å²) < 4.78 is 21.1. The number of esters is 1. The van der Waals surface area contributed by atoms with Crippen LogP contribution in [0.3, 0.4) is 0 Å². The number of carbonyl (C=O) groups excluding carboxylic acids is 1. The second kappa shape index (κ2) is 14.4. The molecule has 0 amide bonds. The van der Waals surface area contributed by atoms with Crippen LogP contribution in [0.1, 0.15) is 40.0 Å². The predicted octanol–water partition coefficient (Wildman–Crippen LogP) is 2.79. The highest BCUT2D eigenvalue weighted by Gasteiger charge is 2.22. The van der Waals surface area contributed by atoms with Crippen LogP contribution >= 0.6 is 11.8 Å². The molecule has 0 aliphatic carbocycles. The van der Waals surface area contributed by atoms with E-state index >= 15 is 0 Å². The van der Waals surface area contributed by atoms with Gasteiger partial charge in [-0.25, -0.2) is 0 Å². The van der Waals surface area contributed by atoms with E-state index < -0.39 is 6.10 Å². The van der Waals surface area contributed by atoms with E-state index in [4.69, 9.17) is 14.2 Å². The molecule has 148 valence electrons. The van der Waals surface area contributed by atoms with Crippen molar-refractivity contribution in [1.29, 1.82) is 0 Å². The molecule has 1 N–H and O–H groups in total. The second-order valence-electron chi connectivity index (χ2n) is 6.01. The number of hydrogen-bond donors (Lipinski definition) is 1. The van der Waals surface area contributed by atoms with Crippen LogP contribution in [0.25, 0.3) is 0 Å². The Morgan fingerprint density at radius 1 is 1.32 bits per heavy atom. The van der Waals surface area contributed by atoms with Crippen LogP contribution < -0.4 is 0 Å². The Balaban J connectivity index is 3.85. The lowest BCUT2D eigenvalue weighted by Crippen LogP contribution is -2.30. The van der Waals surface area contributed by atoms with Crippen molar-refractivity contribution in [3.63, 3.8) is 0 Å². The highest BCUT2D eigenvalue weighted by Crippen LogP contribution is 2.20. The third-order valence-electron chi connectivity index (χ3n) is 3.95. The van der Waals surface area contributed by atoms with E-state index in [1.54, 1.807) is 7.11 Å². The Hall–Kier alpha value is -0.760. The molecule has 6 nitrogen and oxygen atoms in total. The Labute approximate surface area is 156 Å². The molecule has 0 saturated heterocycles. The van der Waals surface area contributed by atoms with Crippen molar-refractivity contribution in [1.82, 2.24) is 0 Å². The van der Waals surface area contributed by atoms with Crippen LogP contribution in [0.5, 0.6) is 0 Å². The van der Waals surface area contributed by atoms with Gasteiger partial charge < -0.3 is 24.1 Å². The van der Waals surface area contributed by atoms with Crippen molar-refractivity contribution in [2.75, 3.05) is 45.5 Å². The summed E-state index contributed by atoms with van der Waals surface area (Å²) in [6.07, 6.45) is 3.36. The molecular formula is C18H34O6S. The Bertz CT molecular complexity index is 388. The number of aliphatic hydroxyl groups excluding tert-OH is 1. The van der Waals surface area contributed by atoms with Gasteiger partial charge in [0.25, 0.3) is 0 Å². The fraction of sp³-hybridized carbons (Fsp3) is 0.833. The third-order valence-corrected chi connectivity index (χ3v) is 5.06. The summed E-state index contributed by atoms with van der Waals surface area (Å²) in [4.78, 5) is 11.0. The molecule has 0 aliphatic rings. The number of allylic oxidation sites excluding steroid dienone is 1. The molecule has 7 heteroatoms. The van der Waals surface area contributed by atoms with Gasteiger partial charge in [-0.15, -0.1) is 0 Å². The molecule has 0 aromatic carbocycles.